The second-order valence-corrected chi connectivity index (χ2v) is 6.65. The zero-order chi connectivity index (χ0) is 15.6. The van der Waals surface area contributed by atoms with E-state index in [1.807, 2.05) is 0 Å². The molecule has 6 heteroatoms. The highest BCUT2D eigenvalue weighted by Crippen LogP contribution is 2.37. The highest BCUT2D eigenvalue weighted by Gasteiger charge is 2.34. The van der Waals surface area contributed by atoms with Crippen LogP contribution < -0.4 is 5.32 Å². The van der Waals surface area contributed by atoms with E-state index in [0.29, 0.717) is 10.5 Å². The van der Waals surface area contributed by atoms with Gasteiger partial charge in [-0.3, -0.25) is 0 Å². The number of likely N-dealkylation sites (tertiary alicyclic amines) is 1. The van der Waals surface area contributed by atoms with Crippen LogP contribution in [0.25, 0.3) is 0 Å². The number of nitrogens with zero attached hydrogens (tertiary/aromatic N) is 1. The molecule has 0 spiro atoms. The summed E-state index contributed by atoms with van der Waals surface area (Å²) in [4.78, 5) is 2.35. The van der Waals surface area contributed by atoms with Gasteiger partial charge in [0.25, 0.3) is 0 Å². The highest BCUT2D eigenvalue weighted by molar-refractivity contribution is 9.10. The van der Waals surface area contributed by atoms with Crippen LogP contribution in [0.3, 0.4) is 0 Å². The lowest BCUT2D eigenvalue weighted by Gasteiger charge is -2.35. The monoisotopic (exact) mass is 364 g/mol. The Morgan fingerprint density at radius 3 is 2.38 bits per heavy atom. The molecule has 0 atom stereocenters. The van der Waals surface area contributed by atoms with Crippen LogP contribution in [-0.4, -0.2) is 30.1 Å². The molecule has 1 aliphatic heterocycles. The van der Waals surface area contributed by atoms with Gasteiger partial charge in [0, 0.05) is 35.3 Å². The van der Waals surface area contributed by atoms with Gasteiger partial charge in [-0.1, -0.05) is 15.9 Å². The van der Waals surface area contributed by atoms with Crippen molar-refractivity contribution in [3.8, 4) is 0 Å². The summed E-state index contributed by atoms with van der Waals surface area (Å²) in [5.74, 6) is 0. The lowest BCUT2D eigenvalue weighted by molar-refractivity contribution is -0.137. The van der Waals surface area contributed by atoms with Crippen LogP contribution in [0.1, 0.15) is 32.3 Å². The molecule has 1 fully saturated rings. The normalized spacial score (nSPS) is 18.2. The molecule has 2 nitrogen and oxygen atoms in total. The molecule has 21 heavy (non-hydrogen) atoms. The molecule has 0 unspecified atom stereocenters. The fraction of sp³-hybridized carbons (Fsp3) is 0.600. The minimum Gasteiger partial charge on any atom is -0.382 e. The van der Waals surface area contributed by atoms with Gasteiger partial charge in [-0.2, -0.15) is 13.2 Å². The van der Waals surface area contributed by atoms with E-state index in [-0.39, 0.29) is 11.7 Å². The van der Waals surface area contributed by atoms with Crippen molar-refractivity contribution < 1.29 is 13.2 Å². The molecule has 0 bridgehead atoms. The van der Waals surface area contributed by atoms with E-state index < -0.39 is 11.7 Å². The van der Waals surface area contributed by atoms with Crippen molar-refractivity contribution in [2.75, 3.05) is 18.4 Å². The van der Waals surface area contributed by atoms with Crippen LogP contribution in [0, 0.1) is 0 Å². The van der Waals surface area contributed by atoms with Crippen molar-refractivity contribution in [2.24, 2.45) is 0 Å². The maximum atomic E-state index is 13.1. The number of anilines is 1. The van der Waals surface area contributed by atoms with Crippen LogP contribution in [-0.2, 0) is 6.18 Å². The molecule has 1 saturated heterocycles. The predicted octanol–water partition coefficient (Wildman–Crippen LogP) is 4.75. The Bertz CT molecular complexity index is 480. The van der Waals surface area contributed by atoms with Crippen LogP contribution in [0.2, 0.25) is 0 Å². The number of rotatable bonds is 3. The first-order valence-electron chi connectivity index (χ1n) is 7.14. The summed E-state index contributed by atoms with van der Waals surface area (Å²) in [5.41, 5.74) is -0.433. The van der Waals surface area contributed by atoms with Crippen LogP contribution >= 0.6 is 15.9 Å². The molecule has 1 N–H and O–H groups in total. The van der Waals surface area contributed by atoms with E-state index in [4.69, 9.17) is 0 Å². The van der Waals surface area contributed by atoms with Gasteiger partial charge in [-0.05, 0) is 44.9 Å². The molecule has 0 aromatic heterocycles. The van der Waals surface area contributed by atoms with E-state index in [1.54, 1.807) is 6.07 Å². The second kappa shape index (κ2) is 6.57. The van der Waals surface area contributed by atoms with Gasteiger partial charge in [0.2, 0.25) is 0 Å². The number of hydrogen-bond donors (Lipinski definition) is 1. The number of nitrogens with one attached hydrogen (secondary N) is 1. The Hall–Kier alpha value is -0.750. The predicted molar refractivity (Wildman–Crippen MR) is 82.5 cm³/mol. The minimum absolute atomic E-state index is 0.0993. The lowest BCUT2D eigenvalue weighted by atomic mass is 10.0. The van der Waals surface area contributed by atoms with Gasteiger partial charge < -0.3 is 10.2 Å². The van der Waals surface area contributed by atoms with E-state index >= 15 is 0 Å². The lowest BCUT2D eigenvalue weighted by Crippen LogP contribution is -2.42. The first kappa shape index (κ1) is 16.6. The molecule has 1 aromatic carbocycles. The molecule has 118 valence electrons. The fourth-order valence-electron chi connectivity index (χ4n) is 2.66. The maximum Gasteiger partial charge on any atom is 0.418 e. The fourth-order valence-corrected chi connectivity index (χ4v) is 3.02. The van der Waals surface area contributed by atoms with Gasteiger partial charge in [-0.25, -0.2) is 0 Å². The average molecular weight is 365 g/mol. The molecular weight excluding hydrogens is 345 g/mol. The molecule has 0 aliphatic carbocycles. The zero-order valence-corrected chi connectivity index (χ0v) is 13.8. The second-order valence-electron chi connectivity index (χ2n) is 5.74. The van der Waals surface area contributed by atoms with E-state index in [2.05, 4.69) is 40.0 Å². The Morgan fingerprint density at radius 2 is 1.86 bits per heavy atom. The Kier molecular flexibility index (Phi) is 5.20. The van der Waals surface area contributed by atoms with Crippen LogP contribution in [0.15, 0.2) is 22.7 Å². The third-order valence-corrected chi connectivity index (χ3v) is 4.40. The number of halogens is 4. The van der Waals surface area contributed by atoms with Crippen molar-refractivity contribution >= 4 is 21.6 Å². The first-order valence-corrected chi connectivity index (χ1v) is 7.94. The van der Waals surface area contributed by atoms with Crippen molar-refractivity contribution in [1.82, 2.24) is 4.90 Å². The van der Waals surface area contributed by atoms with Gasteiger partial charge >= 0.3 is 6.18 Å². The number of benzene rings is 1. The molecule has 1 heterocycles. The van der Waals surface area contributed by atoms with Gasteiger partial charge in [0.1, 0.15) is 0 Å². The van der Waals surface area contributed by atoms with Crippen molar-refractivity contribution in [1.29, 1.82) is 0 Å². The quantitative estimate of drug-likeness (QED) is 0.832. The SMILES string of the molecule is CC(C)N1CCC(Nc2ccc(Br)cc2C(F)(F)F)CC1. The van der Waals surface area contributed by atoms with Crippen molar-refractivity contribution in [3.05, 3.63) is 28.2 Å². The molecule has 0 radical (unpaired) electrons. The molecule has 0 saturated carbocycles. The highest BCUT2D eigenvalue weighted by atomic mass is 79.9. The summed E-state index contributed by atoms with van der Waals surface area (Å²) in [7, 11) is 0. The number of hydrogen-bond acceptors (Lipinski definition) is 2. The smallest absolute Gasteiger partial charge is 0.382 e. The van der Waals surface area contributed by atoms with Crippen LogP contribution in [0.4, 0.5) is 18.9 Å². The van der Waals surface area contributed by atoms with Crippen molar-refractivity contribution in [3.63, 3.8) is 0 Å². The van der Waals surface area contributed by atoms with Gasteiger partial charge in [0.05, 0.1) is 5.56 Å². The Morgan fingerprint density at radius 1 is 1.24 bits per heavy atom. The number of piperidine rings is 1. The molecule has 0 amide bonds. The average Bonchev–Trinajstić information content (AvgIpc) is 2.40. The standard InChI is InChI=1S/C15H20BrF3N2/c1-10(2)21-7-5-12(6-8-21)20-14-4-3-11(16)9-13(14)15(17,18)19/h3-4,9-10,12,20H,5-8H2,1-2H3. The molecule has 2 rings (SSSR count). The summed E-state index contributed by atoms with van der Waals surface area (Å²) >= 11 is 3.10. The van der Waals surface area contributed by atoms with E-state index in [1.165, 1.54) is 6.07 Å². The van der Waals surface area contributed by atoms with Crippen molar-refractivity contribution in [2.45, 2.75) is 44.9 Å². The van der Waals surface area contributed by atoms with E-state index in [9.17, 15) is 13.2 Å². The van der Waals surface area contributed by atoms with E-state index in [0.717, 1.165) is 32.0 Å². The summed E-state index contributed by atoms with van der Waals surface area (Å²) in [6.07, 6.45) is -2.61. The third kappa shape index (κ3) is 4.36. The molecule has 1 aliphatic rings. The molecular formula is C15H20BrF3N2. The largest absolute Gasteiger partial charge is 0.418 e. The third-order valence-electron chi connectivity index (χ3n) is 3.91. The number of alkyl halides is 3. The van der Waals surface area contributed by atoms with Gasteiger partial charge in [0.15, 0.2) is 0 Å². The van der Waals surface area contributed by atoms with Gasteiger partial charge in [-0.15, -0.1) is 0 Å². The first-order chi connectivity index (χ1) is 9.77. The maximum absolute atomic E-state index is 13.1. The topological polar surface area (TPSA) is 15.3 Å². The zero-order valence-electron chi connectivity index (χ0n) is 12.2. The minimum atomic E-state index is -4.34. The summed E-state index contributed by atoms with van der Waals surface area (Å²) < 4.78 is 39.7. The summed E-state index contributed by atoms with van der Waals surface area (Å²) in [6.45, 7) is 6.13. The Balaban J connectivity index is 2.07. The Labute approximate surface area is 131 Å². The summed E-state index contributed by atoms with van der Waals surface area (Å²) in [5, 5.41) is 3.08. The van der Waals surface area contributed by atoms with Crippen LogP contribution in [0.5, 0.6) is 0 Å². The molecule has 1 aromatic rings. The summed E-state index contributed by atoms with van der Waals surface area (Å²) in [6, 6.07) is 4.86.